The van der Waals surface area contributed by atoms with Gasteiger partial charge in [-0.2, -0.15) is 0 Å². The Morgan fingerprint density at radius 1 is 1.50 bits per heavy atom. The first kappa shape index (κ1) is 11.4. The molecule has 0 spiro atoms. The maximum atomic E-state index is 11.1. The van der Waals surface area contributed by atoms with E-state index in [0.29, 0.717) is 17.0 Å². The summed E-state index contributed by atoms with van der Waals surface area (Å²) in [5.74, 6) is -0.369. The number of fused-ring (bicyclic) bond motifs is 1. The van der Waals surface area contributed by atoms with Crippen molar-refractivity contribution in [2.75, 3.05) is 0 Å². The molecular weight excluding hydrogens is 318 g/mol. The summed E-state index contributed by atoms with van der Waals surface area (Å²) in [6, 6.07) is 3.37. The van der Waals surface area contributed by atoms with Crippen LogP contribution >= 0.6 is 27.3 Å². The van der Waals surface area contributed by atoms with Crippen LogP contribution in [0.15, 0.2) is 28.2 Å². The lowest BCUT2D eigenvalue weighted by Gasteiger charge is -1.93. The molecule has 0 atom stereocenters. The number of aromatic carboxylic acids is 1. The highest BCUT2D eigenvalue weighted by molar-refractivity contribution is 9.10. The number of imidazole rings is 1. The molecule has 0 bridgehead atoms. The van der Waals surface area contributed by atoms with Crippen LogP contribution in [-0.4, -0.2) is 26.0 Å². The van der Waals surface area contributed by atoms with Gasteiger partial charge in [-0.05, 0) is 28.1 Å². The summed E-state index contributed by atoms with van der Waals surface area (Å²) in [4.78, 5) is 23.4. The Kier molecular flexibility index (Phi) is 2.64. The molecule has 0 aromatic carbocycles. The molecule has 2 N–H and O–H groups in total. The Hall–Kier alpha value is -1.73. The van der Waals surface area contributed by atoms with Crippen molar-refractivity contribution in [2.45, 2.75) is 0 Å². The standard InChI is InChI=1S/C11H6BrN3O2S/c12-5-3-7(18-4-5)9-14-8-6(11(16)17)1-2-13-10(8)15-9/h1-4H,(H,16,17)(H,13,14,15). The number of aromatic amines is 1. The highest BCUT2D eigenvalue weighted by Crippen LogP contribution is 2.29. The van der Waals surface area contributed by atoms with Crippen molar-refractivity contribution < 1.29 is 9.90 Å². The van der Waals surface area contributed by atoms with Crippen LogP contribution in [-0.2, 0) is 0 Å². The molecule has 0 amide bonds. The van der Waals surface area contributed by atoms with E-state index >= 15 is 0 Å². The molecule has 0 aliphatic carbocycles. The highest BCUT2D eigenvalue weighted by atomic mass is 79.9. The first-order valence-electron chi connectivity index (χ1n) is 4.97. The monoisotopic (exact) mass is 323 g/mol. The van der Waals surface area contributed by atoms with Crippen LogP contribution in [0.3, 0.4) is 0 Å². The number of aromatic nitrogens is 3. The number of halogens is 1. The maximum absolute atomic E-state index is 11.1. The highest BCUT2D eigenvalue weighted by Gasteiger charge is 2.14. The van der Waals surface area contributed by atoms with Crippen molar-refractivity contribution in [3.05, 3.63) is 33.7 Å². The van der Waals surface area contributed by atoms with E-state index in [1.54, 1.807) is 0 Å². The zero-order valence-electron chi connectivity index (χ0n) is 8.85. The van der Waals surface area contributed by atoms with Gasteiger partial charge in [-0.3, -0.25) is 0 Å². The third kappa shape index (κ3) is 1.81. The number of carbonyl (C=O) groups is 1. The van der Waals surface area contributed by atoms with Gasteiger partial charge in [0.2, 0.25) is 0 Å². The fourth-order valence-electron chi connectivity index (χ4n) is 1.64. The van der Waals surface area contributed by atoms with Gasteiger partial charge < -0.3 is 10.1 Å². The second kappa shape index (κ2) is 4.18. The number of carboxylic acid groups (broad SMARTS) is 1. The summed E-state index contributed by atoms with van der Waals surface area (Å²) in [7, 11) is 0. The Bertz CT molecular complexity index is 750. The minimum atomic E-state index is -0.995. The number of carboxylic acids is 1. The van der Waals surface area contributed by atoms with Gasteiger partial charge >= 0.3 is 5.97 Å². The Balaban J connectivity index is 2.22. The molecule has 5 nitrogen and oxygen atoms in total. The zero-order chi connectivity index (χ0) is 12.7. The minimum absolute atomic E-state index is 0.175. The molecule has 3 rings (SSSR count). The molecule has 0 radical (unpaired) electrons. The van der Waals surface area contributed by atoms with Gasteiger partial charge in [-0.25, -0.2) is 14.8 Å². The number of nitrogens with zero attached hydrogens (tertiary/aromatic N) is 2. The smallest absolute Gasteiger partial charge is 0.338 e. The molecule has 7 heteroatoms. The fraction of sp³-hybridized carbons (Fsp3) is 0. The molecule has 0 saturated carbocycles. The number of rotatable bonds is 2. The Morgan fingerprint density at radius 3 is 3.00 bits per heavy atom. The van der Waals surface area contributed by atoms with E-state index in [1.807, 2.05) is 11.4 Å². The first-order chi connectivity index (χ1) is 8.65. The van der Waals surface area contributed by atoms with Gasteiger partial charge in [-0.1, -0.05) is 0 Å². The van der Waals surface area contributed by atoms with E-state index in [2.05, 4.69) is 30.9 Å². The molecular formula is C11H6BrN3O2S. The summed E-state index contributed by atoms with van der Waals surface area (Å²) in [5.41, 5.74) is 1.04. The number of thiophene rings is 1. The molecule has 90 valence electrons. The molecule has 3 aromatic heterocycles. The van der Waals surface area contributed by atoms with Crippen LogP contribution in [0, 0.1) is 0 Å². The Morgan fingerprint density at radius 2 is 2.33 bits per heavy atom. The van der Waals surface area contributed by atoms with Gasteiger partial charge in [0.15, 0.2) is 11.5 Å². The third-order valence-corrected chi connectivity index (χ3v) is 4.12. The van der Waals surface area contributed by atoms with Crippen LogP contribution in [0.5, 0.6) is 0 Å². The molecule has 0 fully saturated rings. The maximum Gasteiger partial charge on any atom is 0.338 e. The summed E-state index contributed by atoms with van der Waals surface area (Å²) in [5, 5.41) is 11.0. The van der Waals surface area contributed by atoms with Crippen LogP contribution in [0.1, 0.15) is 10.4 Å². The van der Waals surface area contributed by atoms with Crippen molar-refractivity contribution in [3.8, 4) is 10.7 Å². The fourth-order valence-corrected chi connectivity index (χ4v) is 3.01. The van der Waals surface area contributed by atoms with Crippen LogP contribution in [0.4, 0.5) is 0 Å². The second-order valence-electron chi connectivity index (χ2n) is 3.58. The minimum Gasteiger partial charge on any atom is -0.478 e. The topological polar surface area (TPSA) is 78.9 Å². The van der Waals surface area contributed by atoms with E-state index < -0.39 is 5.97 Å². The second-order valence-corrected chi connectivity index (χ2v) is 5.40. The summed E-state index contributed by atoms with van der Waals surface area (Å²) >= 11 is 4.89. The van der Waals surface area contributed by atoms with Gasteiger partial charge in [-0.15, -0.1) is 11.3 Å². The largest absolute Gasteiger partial charge is 0.478 e. The predicted octanol–water partition coefficient (Wildman–Crippen LogP) is 3.15. The quantitative estimate of drug-likeness (QED) is 0.759. The van der Waals surface area contributed by atoms with Crippen molar-refractivity contribution in [2.24, 2.45) is 0 Å². The van der Waals surface area contributed by atoms with Gasteiger partial charge in [0.25, 0.3) is 0 Å². The van der Waals surface area contributed by atoms with Crippen LogP contribution in [0.25, 0.3) is 21.9 Å². The van der Waals surface area contributed by atoms with Gasteiger partial charge in [0.1, 0.15) is 0 Å². The van der Waals surface area contributed by atoms with Crippen molar-refractivity contribution in [1.82, 2.24) is 15.0 Å². The van der Waals surface area contributed by atoms with E-state index in [-0.39, 0.29) is 5.56 Å². The van der Waals surface area contributed by atoms with Crippen LogP contribution < -0.4 is 0 Å². The van der Waals surface area contributed by atoms with Crippen molar-refractivity contribution in [3.63, 3.8) is 0 Å². The number of nitrogens with one attached hydrogen (secondary N) is 1. The van der Waals surface area contributed by atoms with E-state index in [4.69, 9.17) is 5.11 Å². The molecule has 0 unspecified atom stereocenters. The normalized spacial score (nSPS) is 10.9. The average Bonchev–Trinajstić information content (AvgIpc) is 2.93. The molecule has 18 heavy (non-hydrogen) atoms. The van der Waals surface area contributed by atoms with Gasteiger partial charge in [0.05, 0.1) is 16.0 Å². The summed E-state index contributed by atoms with van der Waals surface area (Å²) < 4.78 is 0.967. The molecule has 0 aliphatic rings. The number of hydrogen-bond acceptors (Lipinski definition) is 4. The Labute approximate surface area is 114 Å². The van der Waals surface area contributed by atoms with Crippen LogP contribution in [0.2, 0.25) is 0 Å². The molecule has 0 aliphatic heterocycles. The molecule has 3 aromatic rings. The number of pyridine rings is 1. The average molecular weight is 324 g/mol. The lowest BCUT2D eigenvalue weighted by molar-refractivity contribution is 0.0699. The summed E-state index contributed by atoms with van der Waals surface area (Å²) in [6.07, 6.45) is 1.45. The number of H-pyrrole nitrogens is 1. The number of hydrogen-bond donors (Lipinski definition) is 2. The zero-order valence-corrected chi connectivity index (χ0v) is 11.2. The van der Waals surface area contributed by atoms with E-state index in [9.17, 15) is 4.79 Å². The van der Waals surface area contributed by atoms with Crippen molar-refractivity contribution in [1.29, 1.82) is 0 Å². The third-order valence-electron chi connectivity index (χ3n) is 2.42. The van der Waals surface area contributed by atoms with Gasteiger partial charge in [0, 0.05) is 16.0 Å². The SMILES string of the molecule is O=C(O)c1ccnc2nc(-c3cc(Br)cs3)[nH]c12. The first-order valence-corrected chi connectivity index (χ1v) is 6.65. The molecule has 0 saturated heterocycles. The lowest BCUT2D eigenvalue weighted by Crippen LogP contribution is -1.97. The van der Waals surface area contributed by atoms with Crippen molar-refractivity contribution >= 4 is 44.4 Å². The lowest BCUT2D eigenvalue weighted by atomic mass is 10.2. The molecule has 3 heterocycles. The van der Waals surface area contributed by atoms with E-state index in [0.717, 1.165) is 9.35 Å². The summed E-state index contributed by atoms with van der Waals surface area (Å²) in [6.45, 7) is 0. The predicted molar refractivity (Wildman–Crippen MR) is 71.9 cm³/mol. The van der Waals surface area contributed by atoms with E-state index in [1.165, 1.54) is 23.6 Å².